The zero-order chi connectivity index (χ0) is 12.7. The Hall–Kier alpha value is -1.02. The highest BCUT2D eigenvalue weighted by molar-refractivity contribution is 5.47. The van der Waals surface area contributed by atoms with Gasteiger partial charge in [-0.3, -0.25) is 0 Å². The second-order valence-corrected chi connectivity index (χ2v) is 4.90. The molecule has 1 aromatic carbocycles. The largest absolute Gasteiger partial charge is 0.373 e. The van der Waals surface area contributed by atoms with Gasteiger partial charge in [-0.25, -0.2) is 0 Å². The van der Waals surface area contributed by atoms with Crippen molar-refractivity contribution < 1.29 is 0 Å². The first kappa shape index (κ1) is 14.0. The number of rotatable bonds is 7. The molecule has 2 nitrogen and oxygen atoms in total. The van der Waals surface area contributed by atoms with Gasteiger partial charge >= 0.3 is 0 Å². The number of anilines is 1. The Morgan fingerprint density at radius 1 is 1.35 bits per heavy atom. The van der Waals surface area contributed by atoms with Gasteiger partial charge in [0.2, 0.25) is 0 Å². The van der Waals surface area contributed by atoms with Crippen molar-refractivity contribution in [3.63, 3.8) is 0 Å². The maximum atomic E-state index is 3.56. The van der Waals surface area contributed by atoms with Gasteiger partial charge in [0.15, 0.2) is 0 Å². The number of likely N-dealkylation sites (N-methyl/N-ethyl adjacent to an activating group) is 1. The van der Waals surface area contributed by atoms with Crippen molar-refractivity contribution >= 4 is 5.69 Å². The lowest BCUT2D eigenvalue weighted by atomic mass is 10.2. The average molecular weight is 234 g/mol. The van der Waals surface area contributed by atoms with Gasteiger partial charge in [-0.1, -0.05) is 25.5 Å². The van der Waals surface area contributed by atoms with E-state index in [1.54, 1.807) is 0 Å². The minimum absolute atomic E-state index is 0.630. The summed E-state index contributed by atoms with van der Waals surface area (Å²) in [5, 5.41) is 3.56. The molecule has 0 aromatic heterocycles. The molecule has 1 unspecified atom stereocenters. The Morgan fingerprint density at radius 2 is 2.12 bits per heavy atom. The summed E-state index contributed by atoms with van der Waals surface area (Å²) in [5.74, 6) is 0. The van der Waals surface area contributed by atoms with Gasteiger partial charge in [0, 0.05) is 31.9 Å². The molecule has 0 aliphatic heterocycles. The van der Waals surface area contributed by atoms with Gasteiger partial charge in [0.1, 0.15) is 0 Å². The summed E-state index contributed by atoms with van der Waals surface area (Å²) in [5.41, 5.74) is 2.62. The number of aryl methyl sites for hydroxylation is 1. The van der Waals surface area contributed by atoms with Gasteiger partial charge in [-0.15, -0.1) is 0 Å². The summed E-state index contributed by atoms with van der Waals surface area (Å²) in [4.78, 5) is 2.30. The normalized spacial score (nSPS) is 12.5. The van der Waals surface area contributed by atoms with Gasteiger partial charge in [-0.2, -0.15) is 0 Å². The molecule has 0 bridgehead atoms. The molecule has 1 atom stereocenters. The van der Waals surface area contributed by atoms with E-state index in [1.165, 1.54) is 24.1 Å². The van der Waals surface area contributed by atoms with Crippen LogP contribution in [0.4, 0.5) is 5.69 Å². The summed E-state index contributed by atoms with van der Waals surface area (Å²) >= 11 is 0. The van der Waals surface area contributed by atoms with Crippen LogP contribution in [0, 0.1) is 6.92 Å². The molecule has 0 saturated carbocycles. The molecule has 1 rings (SSSR count). The SMILES string of the molecule is CCCC(C)NCCN(C)c1cccc(C)c1. The maximum absolute atomic E-state index is 3.56. The van der Waals surface area contributed by atoms with Crippen LogP contribution in [0.15, 0.2) is 24.3 Å². The van der Waals surface area contributed by atoms with Crippen LogP contribution in [0.1, 0.15) is 32.3 Å². The summed E-state index contributed by atoms with van der Waals surface area (Å²) in [6, 6.07) is 9.29. The van der Waals surface area contributed by atoms with Crippen molar-refractivity contribution in [2.75, 3.05) is 25.0 Å². The second kappa shape index (κ2) is 7.33. The van der Waals surface area contributed by atoms with Crippen LogP contribution in [0.2, 0.25) is 0 Å². The molecule has 0 aliphatic rings. The van der Waals surface area contributed by atoms with Crippen molar-refractivity contribution in [1.29, 1.82) is 0 Å². The van der Waals surface area contributed by atoms with Gasteiger partial charge < -0.3 is 10.2 Å². The van der Waals surface area contributed by atoms with Crippen molar-refractivity contribution in [2.24, 2.45) is 0 Å². The van der Waals surface area contributed by atoms with Crippen molar-refractivity contribution in [3.8, 4) is 0 Å². The molecule has 0 heterocycles. The smallest absolute Gasteiger partial charge is 0.0366 e. The van der Waals surface area contributed by atoms with Crippen LogP contribution in [-0.2, 0) is 0 Å². The standard InChI is InChI=1S/C15H26N2/c1-5-7-14(3)16-10-11-17(4)15-9-6-8-13(2)12-15/h6,8-9,12,14,16H,5,7,10-11H2,1-4H3. The molecule has 0 spiro atoms. The van der Waals surface area contributed by atoms with E-state index in [0.717, 1.165) is 13.1 Å². The molecule has 0 aliphatic carbocycles. The minimum Gasteiger partial charge on any atom is -0.373 e. The van der Waals surface area contributed by atoms with E-state index in [1.807, 2.05) is 0 Å². The molecule has 0 amide bonds. The highest BCUT2D eigenvalue weighted by Gasteiger charge is 2.02. The van der Waals surface area contributed by atoms with Crippen molar-refractivity contribution in [2.45, 2.75) is 39.7 Å². The molecule has 0 fully saturated rings. The van der Waals surface area contributed by atoms with Crippen LogP contribution in [0.3, 0.4) is 0 Å². The molecule has 2 heteroatoms. The maximum Gasteiger partial charge on any atom is 0.0366 e. The molecule has 1 N–H and O–H groups in total. The van der Waals surface area contributed by atoms with Crippen LogP contribution >= 0.6 is 0 Å². The third kappa shape index (κ3) is 5.22. The van der Waals surface area contributed by atoms with E-state index >= 15 is 0 Å². The molecule has 17 heavy (non-hydrogen) atoms. The first-order valence-corrected chi connectivity index (χ1v) is 6.64. The monoisotopic (exact) mass is 234 g/mol. The minimum atomic E-state index is 0.630. The van der Waals surface area contributed by atoms with Gasteiger partial charge in [0.05, 0.1) is 0 Å². The fourth-order valence-electron chi connectivity index (χ4n) is 2.01. The third-order valence-electron chi connectivity index (χ3n) is 3.10. The summed E-state index contributed by atoms with van der Waals surface area (Å²) in [6.45, 7) is 8.73. The lowest BCUT2D eigenvalue weighted by Gasteiger charge is -2.21. The lowest BCUT2D eigenvalue weighted by Crippen LogP contribution is -2.34. The van der Waals surface area contributed by atoms with Gasteiger partial charge in [-0.05, 0) is 38.0 Å². The summed E-state index contributed by atoms with van der Waals surface area (Å²) < 4.78 is 0. The predicted octanol–water partition coefficient (Wildman–Crippen LogP) is 3.21. The number of nitrogens with one attached hydrogen (secondary N) is 1. The van der Waals surface area contributed by atoms with Crippen molar-refractivity contribution in [3.05, 3.63) is 29.8 Å². The highest BCUT2D eigenvalue weighted by Crippen LogP contribution is 2.13. The Morgan fingerprint density at radius 3 is 2.76 bits per heavy atom. The molecular formula is C15H26N2. The summed E-state index contributed by atoms with van der Waals surface area (Å²) in [6.07, 6.45) is 2.51. The number of nitrogens with zero attached hydrogens (tertiary/aromatic N) is 1. The topological polar surface area (TPSA) is 15.3 Å². The van der Waals surface area contributed by atoms with Crippen LogP contribution in [0.25, 0.3) is 0 Å². The van der Waals surface area contributed by atoms with Gasteiger partial charge in [0.25, 0.3) is 0 Å². The predicted molar refractivity (Wildman–Crippen MR) is 76.8 cm³/mol. The fraction of sp³-hybridized carbons (Fsp3) is 0.600. The first-order chi connectivity index (χ1) is 8.13. The molecule has 96 valence electrons. The van der Waals surface area contributed by atoms with Crippen LogP contribution < -0.4 is 10.2 Å². The number of benzene rings is 1. The van der Waals surface area contributed by atoms with Crippen molar-refractivity contribution in [1.82, 2.24) is 5.32 Å². The van der Waals surface area contributed by atoms with E-state index in [4.69, 9.17) is 0 Å². The van der Waals surface area contributed by atoms with E-state index in [2.05, 4.69) is 62.3 Å². The zero-order valence-corrected chi connectivity index (χ0v) is 11.7. The van der Waals surface area contributed by atoms with E-state index in [-0.39, 0.29) is 0 Å². The fourth-order valence-corrected chi connectivity index (χ4v) is 2.01. The van der Waals surface area contributed by atoms with E-state index in [9.17, 15) is 0 Å². The zero-order valence-electron chi connectivity index (χ0n) is 11.7. The van der Waals surface area contributed by atoms with E-state index < -0.39 is 0 Å². The molecule has 1 aromatic rings. The van der Waals surface area contributed by atoms with Crippen LogP contribution in [-0.4, -0.2) is 26.2 Å². The molecular weight excluding hydrogens is 208 g/mol. The van der Waals surface area contributed by atoms with E-state index in [0.29, 0.717) is 6.04 Å². The number of hydrogen-bond acceptors (Lipinski definition) is 2. The Bertz CT molecular complexity index is 322. The molecule has 0 radical (unpaired) electrons. The lowest BCUT2D eigenvalue weighted by molar-refractivity contribution is 0.512. The average Bonchev–Trinajstić information content (AvgIpc) is 2.29. The molecule has 0 saturated heterocycles. The Balaban J connectivity index is 2.32. The first-order valence-electron chi connectivity index (χ1n) is 6.64. The highest BCUT2D eigenvalue weighted by atomic mass is 15.1. The number of hydrogen-bond donors (Lipinski definition) is 1. The third-order valence-corrected chi connectivity index (χ3v) is 3.10. The second-order valence-electron chi connectivity index (χ2n) is 4.90. The Labute approximate surface area is 106 Å². The quantitative estimate of drug-likeness (QED) is 0.779. The Kier molecular flexibility index (Phi) is 6.06. The van der Waals surface area contributed by atoms with Crippen LogP contribution in [0.5, 0.6) is 0 Å². The summed E-state index contributed by atoms with van der Waals surface area (Å²) in [7, 11) is 2.15.